The molecule has 7 nitrogen and oxygen atoms in total. The van der Waals surface area contributed by atoms with Gasteiger partial charge in [0.1, 0.15) is 0 Å². The first-order valence-electron chi connectivity index (χ1n) is 7.56. The van der Waals surface area contributed by atoms with E-state index in [1.54, 1.807) is 30.7 Å². The molecule has 0 saturated carbocycles. The molecule has 0 spiro atoms. The second-order valence-corrected chi connectivity index (χ2v) is 5.63. The number of nitrogens with one attached hydrogen (secondary N) is 1. The highest BCUT2D eigenvalue weighted by Gasteiger charge is 2.21. The van der Waals surface area contributed by atoms with Gasteiger partial charge in [0.15, 0.2) is 0 Å². The summed E-state index contributed by atoms with van der Waals surface area (Å²) in [5.74, 6) is 0.641. The summed E-state index contributed by atoms with van der Waals surface area (Å²) in [6.07, 6.45) is 9.12. The largest absolute Gasteiger partial charge is 0.325 e. The van der Waals surface area contributed by atoms with Crippen molar-refractivity contribution in [2.24, 2.45) is 5.92 Å². The van der Waals surface area contributed by atoms with Gasteiger partial charge in [0.25, 0.3) is 0 Å². The molecule has 0 unspecified atom stereocenters. The Labute approximate surface area is 129 Å². The Hall–Kier alpha value is -2.28. The predicted octanol–water partition coefficient (Wildman–Crippen LogP) is 1.02. The van der Waals surface area contributed by atoms with E-state index >= 15 is 0 Å². The lowest BCUT2D eigenvalue weighted by Gasteiger charge is -2.31. The van der Waals surface area contributed by atoms with Crippen molar-refractivity contribution >= 4 is 11.6 Å². The molecule has 3 rings (SSSR count). The van der Waals surface area contributed by atoms with Crippen molar-refractivity contribution in [3.05, 3.63) is 36.9 Å². The quantitative estimate of drug-likeness (QED) is 0.892. The number of carbonyl (C=O) groups is 1. The van der Waals surface area contributed by atoms with E-state index in [0.29, 0.717) is 12.5 Å². The van der Waals surface area contributed by atoms with Crippen LogP contribution in [0.5, 0.6) is 0 Å². The van der Waals surface area contributed by atoms with E-state index in [9.17, 15) is 4.79 Å². The summed E-state index contributed by atoms with van der Waals surface area (Å²) in [4.78, 5) is 18.2. The maximum Gasteiger partial charge on any atom is 0.238 e. The Morgan fingerprint density at radius 3 is 2.68 bits per heavy atom. The lowest BCUT2D eigenvalue weighted by atomic mass is 9.97. The van der Waals surface area contributed by atoms with Crippen LogP contribution in [-0.2, 0) is 11.3 Å². The molecule has 3 heterocycles. The highest BCUT2D eigenvalue weighted by atomic mass is 16.2. The Balaban J connectivity index is 1.41. The Kier molecular flexibility index (Phi) is 4.75. The molecule has 2 aromatic rings. The molecule has 1 fully saturated rings. The summed E-state index contributed by atoms with van der Waals surface area (Å²) in [5.41, 5.74) is 0.793. The van der Waals surface area contributed by atoms with Gasteiger partial charge in [0, 0.05) is 30.8 Å². The third-order valence-electron chi connectivity index (χ3n) is 3.96. The fourth-order valence-electron chi connectivity index (χ4n) is 2.76. The van der Waals surface area contributed by atoms with Gasteiger partial charge in [-0.25, -0.2) is 0 Å². The molecule has 0 aromatic carbocycles. The molecule has 116 valence electrons. The molecule has 1 saturated heterocycles. The minimum absolute atomic E-state index is 0.0286. The zero-order valence-corrected chi connectivity index (χ0v) is 12.4. The number of hydrogen-bond acceptors (Lipinski definition) is 5. The average Bonchev–Trinajstić information content (AvgIpc) is 3.03. The summed E-state index contributed by atoms with van der Waals surface area (Å²) in [6, 6.07) is 3.59. The molecule has 22 heavy (non-hydrogen) atoms. The Morgan fingerprint density at radius 1 is 1.23 bits per heavy atom. The molecule has 0 radical (unpaired) electrons. The predicted molar refractivity (Wildman–Crippen MR) is 82.1 cm³/mol. The molecule has 1 amide bonds. The van der Waals surface area contributed by atoms with Gasteiger partial charge in [-0.05, 0) is 44.0 Å². The van der Waals surface area contributed by atoms with Gasteiger partial charge in [-0.1, -0.05) is 5.21 Å². The van der Waals surface area contributed by atoms with Crippen LogP contribution in [0.25, 0.3) is 0 Å². The molecule has 2 aromatic heterocycles. The van der Waals surface area contributed by atoms with E-state index in [0.717, 1.165) is 38.2 Å². The third-order valence-corrected chi connectivity index (χ3v) is 3.96. The number of piperidine rings is 1. The molecule has 1 N–H and O–H groups in total. The van der Waals surface area contributed by atoms with Gasteiger partial charge in [-0.15, -0.1) is 5.10 Å². The molecule has 0 aliphatic carbocycles. The standard InChI is InChI=1S/C15H20N6O/c22-15(18-14-1-5-16-6-2-14)12-20-8-3-13(4-9-20)11-21-10-7-17-19-21/h1-2,5-7,10,13H,3-4,8-9,11-12H2,(H,16,18,22). The van der Waals surface area contributed by atoms with Crippen LogP contribution in [0.3, 0.4) is 0 Å². The van der Waals surface area contributed by atoms with Crippen LogP contribution in [0.2, 0.25) is 0 Å². The first-order valence-corrected chi connectivity index (χ1v) is 7.56. The van der Waals surface area contributed by atoms with Crippen molar-refractivity contribution in [3.8, 4) is 0 Å². The van der Waals surface area contributed by atoms with Crippen LogP contribution in [0, 0.1) is 5.92 Å². The molecular formula is C15H20N6O. The number of anilines is 1. The van der Waals surface area contributed by atoms with Crippen molar-refractivity contribution in [1.29, 1.82) is 0 Å². The van der Waals surface area contributed by atoms with Crippen molar-refractivity contribution in [1.82, 2.24) is 24.9 Å². The monoisotopic (exact) mass is 300 g/mol. The van der Waals surface area contributed by atoms with Crippen LogP contribution in [0.1, 0.15) is 12.8 Å². The second-order valence-electron chi connectivity index (χ2n) is 5.63. The number of aromatic nitrogens is 4. The minimum atomic E-state index is 0.0286. The topological polar surface area (TPSA) is 75.9 Å². The maximum atomic E-state index is 12.0. The number of likely N-dealkylation sites (tertiary alicyclic amines) is 1. The average molecular weight is 300 g/mol. The fourth-order valence-corrected chi connectivity index (χ4v) is 2.76. The number of carbonyl (C=O) groups excluding carboxylic acids is 1. The second kappa shape index (κ2) is 7.13. The van der Waals surface area contributed by atoms with Gasteiger partial charge < -0.3 is 5.32 Å². The molecule has 1 aliphatic heterocycles. The maximum absolute atomic E-state index is 12.0. The molecule has 7 heteroatoms. The third kappa shape index (κ3) is 4.11. The first-order chi connectivity index (χ1) is 10.8. The van der Waals surface area contributed by atoms with Gasteiger partial charge in [-0.3, -0.25) is 19.4 Å². The number of pyridine rings is 1. The molecular weight excluding hydrogens is 280 g/mol. The van der Waals surface area contributed by atoms with Crippen LogP contribution in [0.4, 0.5) is 5.69 Å². The SMILES string of the molecule is O=C(CN1CCC(Cn2ccnn2)CC1)Nc1ccncc1. The van der Waals surface area contributed by atoms with Crippen molar-refractivity contribution in [2.75, 3.05) is 25.0 Å². The van der Waals surface area contributed by atoms with E-state index < -0.39 is 0 Å². The number of amides is 1. The highest BCUT2D eigenvalue weighted by Crippen LogP contribution is 2.18. The zero-order valence-electron chi connectivity index (χ0n) is 12.4. The van der Waals surface area contributed by atoms with Crippen LogP contribution < -0.4 is 5.32 Å². The van der Waals surface area contributed by atoms with Crippen molar-refractivity contribution < 1.29 is 4.79 Å². The summed E-state index contributed by atoms with van der Waals surface area (Å²) in [7, 11) is 0. The van der Waals surface area contributed by atoms with Crippen molar-refractivity contribution in [2.45, 2.75) is 19.4 Å². The van der Waals surface area contributed by atoms with E-state index in [2.05, 4.69) is 25.5 Å². The number of nitrogens with zero attached hydrogens (tertiary/aromatic N) is 5. The van der Waals surface area contributed by atoms with E-state index in [-0.39, 0.29) is 5.91 Å². The van der Waals surface area contributed by atoms with Gasteiger partial charge in [0.05, 0.1) is 12.7 Å². The Bertz CT molecular complexity index is 577. The molecule has 0 atom stereocenters. The first kappa shape index (κ1) is 14.6. The molecule has 0 bridgehead atoms. The van der Waals surface area contributed by atoms with Gasteiger partial charge >= 0.3 is 0 Å². The summed E-state index contributed by atoms with van der Waals surface area (Å²) >= 11 is 0. The highest BCUT2D eigenvalue weighted by molar-refractivity contribution is 5.92. The van der Waals surface area contributed by atoms with Crippen LogP contribution in [-0.4, -0.2) is 50.4 Å². The summed E-state index contributed by atoms with van der Waals surface area (Å²) in [6.45, 7) is 3.25. The minimum Gasteiger partial charge on any atom is -0.325 e. The van der Waals surface area contributed by atoms with E-state index in [1.807, 2.05) is 10.9 Å². The molecule has 1 aliphatic rings. The van der Waals surface area contributed by atoms with Gasteiger partial charge in [0.2, 0.25) is 5.91 Å². The van der Waals surface area contributed by atoms with E-state index in [4.69, 9.17) is 0 Å². The Morgan fingerprint density at radius 2 is 2.00 bits per heavy atom. The number of rotatable bonds is 5. The summed E-state index contributed by atoms with van der Waals surface area (Å²) in [5, 5.41) is 10.7. The number of hydrogen-bond donors (Lipinski definition) is 1. The normalized spacial score (nSPS) is 16.5. The van der Waals surface area contributed by atoms with E-state index in [1.165, 1.54) is 0 Å². The van der Waals surface area contributed by atoms with Crippen LogP contribution in [0.15, 0.2) is 36.9 Å². The zero-order chi connectivity index (χ0) is 15.2. The van der Waals surface area contributed by atoms with Crippen LogP contribution >= 0.6 is 0 Å². The summed E-state index contributed by atoms with van der Waals surface area (Å²) < 4.78 is 1.89. The van der Waals surface area contributed by atoms with Gasteiger partial charge in [-0.2, -0.15) is 0 Å². The van der Waals surface area contributed by atoms with Crippen molar-refractivity contribution in [3.63, 3.8) is 0 Å². The smallest absolute Gasteiger partial charge is 0.238 e. The lowest BCUT2D eigenvalue weighted by molar-refractivity contribution is -0.117. The lowest BCUT2D eigenvalue weighted by Crippen LogP contribution is -2.40. The fraction of sp³-hybridized carbons (Fsp3) is 0.467.